The molecule has 1 aromatic carbocycles. The molecular formula is C17H21NO5. The number of hydrogen-bond acceptors (Lipinski definition) is 5. The standard InChI is InChI=1S/C17H21NO5/c1-3-22-17(21)14-8-10-18(11-9-14)16(20)13-4-6-15(7-5-13)23-12(2)19/h4-7,14H,3,8-11H2,1-2H3. The van der Waals surface area contributed by atoms with Gasteiger partial charge >= 0.3 is 11.9 Å². The Morgan fingerprint density at radius 1 is 1.13 bits per heavy atom. The first-order valence-corrected chi connectivity index (χ1v) is 7.75. The number of nitrogens with zero attached hydrogens (tertiary/aromatic N) is 1. The molecule has 23 heavy (non-hydrogen) atoms. The Balaban J connectivity index is 1.92. The fraction of sp³-hybridized carbons (Fsp3) is 0.471. The summed E-state index contributed by atoms with van der Waals surface area (Å²) in [5.74, 6) is -0.363. The smallest absolute Gasteiger partial charge is 0.309 e. The molecule has 0 unspecified atom stereocenters. The molecule has 1 heterocycles. The molecule has 0 radical (unpaired) electrons. The van der Waals surface area contributed by atoms with E-state index in [0.717, 1.165) is 0 Å². The van der Waals surface area contributed by atoms with E-state index in [1.807, 2.05) is 0 Å². The van der Waals surface area contributed by atoms with Gasteiger partial charge in [0.15, 0.2) is 0 Å². The van der Waals surface area contributed by atoms with Gasteiger partial charge in [-0.3, -0.25) is 14.4 Å². The topological polar surface area (TPSA) is 72.9 Å². The maximum Gasteiger partial charge on any atom is 0.309 e. The Bertz CT molecular complexity index is 573. The van der Waals surface area contributed by atoms with E-state index in [9.17, 15) is 14.4 Å². The van der Waals surface area contributed by atoms with Gasteiger partial charge in [0.2, 0.25) is 0 Å². The van der Waals surface area contributed by atoms with Gasteiger partial charge in [-0.15, -0.1) is 0 Å². The average molecular weight is 319 g/mol. The zero-order valence-electron chi connectivity index (χ0n) is 13.4. The summed E-state index contributed by atoms with van der Waals surface area (Å²) in [6.07, 6.45) is 1.24. The van der Waals surface area contributed by atoms with Crippen LogP contribution in [0.1, 0.15) is 37.0 Å². The van der Waals surface area contributed by atoms with Crippen molar-refractivity contribution < 1.29 is 23.9 Å². The summed E-state index contributed by atoms with van der Waals surface area (Å²) in [5.41, 5.74) is 0.537. The minimum atomic E-state index is -0.398. The van der Waals surface area contributed by atoms with Crippen molar-refractivity contribution in [2.24, 2.45) is 5.92 Å². The summed E-state index contributed by atoms with van der Waals surface area (Å²) in [6, 6.07) is 6.47. The zero-order chi connectivity index (χ0) is 16.8. The normalized spacial score (nSPS) is 15.1. The second kappa shape index (κ2) is 7.76. The van der Waals surface area contributed by atoms with Crippen LogP contribution in [0.5, 0.6) is 5.75 Å². The average Bonchev–Trinajstić information content (AvgIpc) is 2.55. The molecule has 1 aromatic rings. The van der Waals surface area contributed by atoms with E-state index in [1.54, 1.807) is 36.1 Å². The van der Waals surface area contributed by atoms with Gasteiger partial charge in [0, 0.05) is 25.6 Å². The number of piperidine rings is 1. The van der Waals surface area contributed by atoms with Crippen molar-refractivity contribution in [1.29, 1.82) is 0 Å². The number of carbonyl (C=O) groups is 3. The minimum absolute atomic E-state index is 0.0818. The van der Waals surface area contributed by atoms with E-state index in [4.69, 9.17) is 9.47 Å². The molecule has 1 aliphatic rings. The van der Waals surface area contributed by atoms with Crippen LogP contribution in [-0.2, 0) is 14.3 Å². The van der Waals surface area contributed by atoms with Crippen LogP contribution < -0.4 is 4.74 Å². The van der Waals surface area contributed by atoms with Gasteiger partial charge in [0.1, 0.15) is 5.75 Å². The number of benzene rings is 1. The highest BCUT2D eigenvalue weighted by Crippen LogP contribution is 2.21. The lowest BCUT2D eigenvalue weighted by molar-refractivity contribution is -0.149. The van der Waals surface area contributed by atoms with E-state index >= 15 is 0 Å². The highest BCUT2D eigenvalue weighted by Gasteiger charge is 2.28. The van der Waals surface area contributed by atoms with Crippen LogP contribution in [0.4, 0.5) is 0 Å². The molecule has 124 valence electrons. The number of amides is 1. The first-order valence-electron chi connectivity index (χ1n) is 7.75. The van der Waals surface area contributed by atoms with Gasteiger partial charge in [-0.25, -0.2) is 0 Å². The predicted molar refractivity (Wildman–Crippen MR) is 83.0 cm³/mol. The molecular weight excluding hydrogens is 298 g/mol. The summed E-state index contributed by atoms with van der Waals surface area (Å²) in [6.45, 7) is 4.57. The maximum absolute atomic E-state index is 12.4. The minimum Gasteiger partial charge on any atom is -0.466 e. The molecule has 1 saturated heterocycles. The monoisotopic (exact) mass is 319 g/mol. The molecule has 6 nitrogen and oxygen atoms in total. The molecule has 0 spiro atoms. The molecule has 1 fully saturated rings. The number of likely N-dealkylation sites (tertiary alicyclic amines) is 1. The molecule has 0 saturated carbocycles. The molecule has 1 aliphatic heterocycles. The van der Waals surface area contributed by atoms with Crippen molar-refractivity contribution >= 4 is 17.8 Å². The molecule has 0 N–H and O–H groups in total. The number of ether oxygens (including phenoxy) is 2. The van der Waals surface area contributed by atoms with Crippen molar-refractivity contribution in [2.75, 3.05) is 19.7 Å². The van der Waals surface area contributed by atoms with Crippen molar-refractivity contribution in [3.8, 4) is 5.75 Å². The first kappa shape index (κ1) is 17.0. The van der Waals surface area contributed by atoms with Crippen LogP contribution in [0.2, 0.25) is 0 Å². The largest absolute Gasteiger partial charge is 0.466 e. The molecule has 0 atom stereocenters. The van der Waals surface area contributed by atoms with Crippen molar-refractivity contribution in [1.82, 2.24) is 4.90 Å². The Labute approximate surface area is 135 Å². The first-order chi connectivity index (χ1) is 11.0. The maximum atomic E-state index is 12.4. The van der Waals surface area contributed by atoms with Crippen molar-refractivity contribution in [3.05, 3.63) is 29.8 Å². The summed E-state index contributed by atoms with van der Waals surface area (Å²) >= 11 is 0. The third kappa shape index (κ3) is 4.55. The second-order valence-corrected chi connectivity index (χ2v) is 5.44. The Morgan fingerprint density at radius 2 is 1.74 bits per heavy atom. The van der Waals surface area contributed by atoms with Gasteiger partial charge in [-0.1, -0.05) is 0 Å². The predicted octanol–water partition coefficient (Wildman–Crippen LogP) is 2.03. The van der Waals surface area contributed by atoms with Crippen LogP contribution in [0.15, 0.2) is 24.3 Å². The number of hydrogen-bond donors (Lipinski definition) is 0. The van der Waals surface area contributed by atoms with Crippen LogP contribution in [0.3, 0.4) is 0 Å². The lowest BCUT2D eigenvalue weighted by Gasteiger charge is -2.31. The van der Waals surface area contributed by atoms with Gasteiger partial charge in [0.25, 0.3) is 5.91 Å². The number of esters is 2. The molecule has 0 aromatic heterocycles. The molecule has 0 aliphatic carbocycles. The summed E-state index contributed by atoms with van der Waals surface area (Å²) in [5, 5.41) is 0. The summed E-state index contributed by atoms with van der Waals surface area (Å²) in [4.78, 5) is 36.7. The lowest BCUT2D eigenvalue weighted by atomic mass is 9.96. The van der Waals surface area contributed by atoms with Crippen LogP contribution in [-0.4, -0.2) is 42.4 Å². The fourth-order valence-electron chi connectivity index (χ4n) is 2.59. The fourth-order valence-corrected chi connectivity index (χ4v) is 2.59. The lowest BCUT2D eigenvalue weighted by Crippen LogP contribution is -2.40. The molecule has 1 amide bonds. The van der Waals surface area contributed by atoms with Gasteiger partial charge in [-0.2, -0.15) is 0 Å². The highest BCUT2D eigenvalue weighted by molar-refractivity contribution is 5.94. The third-order valence-electron chi connectivity index (χ3n) is 3.76. The van der Waals surface area contributed by atoms with E-state index in [-0.39, 0.29) is 17.8 Å². The highest BCUT2D eigenvalue weighted by atomic mass is 16.5. The Hall–Kier alpha value is -2.37. The quantitative estimate of drug-likeness (QED) is 0.627. The summed E-state index contributed by atoms with van der Waals surface area (Å²) in [7, 11) is 0. The SMILES string of the molecule is CCOC(=O)C1CCN(C(=O)c2ccc(OC(C)=O)cc2)CC1. The van der Waals surface area contributed by atoms with Crippen molar-refractivity contribution in [2.45, 2.75) is 26.7 Å². The third-order valence-corrected chi connectivity index (χ3v) is 3.76. The van der Waals surface area contributed by atoms with E-state index in [0.29, 0.717) is 43.9 Å². The van der Waals surface area contributed by atoms with Crippen LogP contribution in [0, 0.1) is 5.92 Å². The van der Waals surface area contributed by atoms with E-state index in [2.05, 4.69) is 0 Å². The van der Waals surface area contributed by atoms with Gasteiger partial charge in [-0.05, 0) is 44.0 Å². The second-order valence-electron chi connectivity index (χ2n) is 5.44. The van der Waals surface area contributed by atoms with Crippen LogP contribution in [0.25, 0.3) is 0 Å². The number of rotatable bonds is 4. The van der Waals surface area contributed by atoms with Crippen molar-refractivity contribution in [3.63, 3.8) is 0 Å². The van der Waals surface area contributed by atoms with E-state index < -0.39 is 5.97 Å². The van der Waals surface area contributed by atoms with Gasteiger partial charge < -0.3 is 14.4 Å². The van der Waals surface area contributed by atoms with Gasteiger partial charge in [0.05, 0.1) is 12.5 Å². The zero-order valence-corrected chi connectivity index (χ0v) is 13.4. The Morgan fingerprint density at radius 3 is 2.26 bits per heavy atom. The Kier molecular flexibility index (Phi) is 5.73. The summed E-state index contributed by atoms with van der Waals surface area (Å²) < 4.78 is 9.97. The molecule has 0 bridgehead atoms. The molecule has 6 heteroatoms. The van der Waals surface area contributed by atoms with Crippen LogP contribution >= 0.6 is 0 Å². The molecule has 2 rings (SSSR count). The number of carbonyl (C=O) groups excluding carboxylic acids is 3. The van der Waals surface area contributed by atoms with E-state index in [1.165, 1.54) is 6.92 Å².